The van der Waals surface area contributed by atoms with E-state index in [4.69, 9.17) is 5.26 Å². The number of halogens is 3. The van der Waals surface area contributed by atoms with E-state index in [-0.39, 0.29) is 30.1 Å². The molecule has 0 amide bonds. The van der Waals surface area contributed by atoms with Crippen LogP contribution < -0.4 is 5.32 Å². The molecule has 12 heteroatoms. The summed E-state index contributed by atoms with van der Waals surface area (Å²) in [6, 6.07) is 8.36. The van der Waals surface area contributed by atoms with Gasteiger partial charge in [0.25, 0.3) is 0 Å². The maximum absolute atomic E-state index is 13.6. The molecule has 4 rings (SSSR count). The average molecular weight is 454 g/mol. The molecule has 1 aromatic carbocycles. The summed E-state index contributed by atoms with van der Waals surface area (Å²) < 4.78 is 42.4. The molecule has 0 unspecified atom stereocenters. The van der Waals surface area contributed by atoms with Gasteiger partial charge in [-0.15, -0.1) is 9.90 Å². The zero-order valence-electron chi connectivity index (χ0n) is 17.2. The molecular weight excluding hydrogens is 437 g/mol. The summed E-state index contributed by atoms with van der Waals surface area (Å²) in [5.74, 6) is 0.578. The molecule has 0 aliphatic heterocycles. The van der Waals surface area contributed by atoms with Gasteiger partial charge in [-0.25, -0.2) is 9.67 Å². The van der Waals surface area contributed by atoms with Gasteiger partial charge >= 0.3 is 6.18 Å². The number of rotatable bonds is 6. The highest BCUT2D eigenvalue weighted by Crippen LogP contribution is 2.37. The third kappa shape index (κ3) is 4.53. The Kier molecular flexibility index (Phi) is 5.80. The summed E-state index contributed by atoms with van der Waals surface area (Å²) in [5.41, 5.74) is 0.144. The predicted octanol–water partition coefficient (Wildman–Crippen LogP) is 3.33. The number of hydrogen-bond donors (Lipinski definition) is 2. The fourth-order valence-electron chi connectivity index (χ4n) is 3.32. The van der Waals surface area contributed by atoms with E-state index in [0.717, 1.165) is 6.07 Å². The van der Waals surface area contributed by atoms with E-state index >= 15 is 0 Å². The van der Waals surface area contributed by atoms with Crippen LogP contribution in [0.4, 0.5) is 24.7 Å². The minimum Gasteiger partial charge on any atom is -0.396 e. The Morgan fingerprint density at radius 1 is 1.15 bits per heavy atom. The van der Waals surface area contributed by atoms with Crippen LogP contribution in [-0.4, -0.2) is 41.5 Å². The number of anilines is 2. The van der Waals surface area contributed by atoms with Gasteiger partial charge in [-0.1, -0.05) is 0 Å². The number of aliphatic hydroxyl groups is 1. The Morgan fingerprint density at radius 2 is 1.91 bits per heavy atom. The number of nitrogens with one attached hydrogen (secondary N) is 1. The summed E-state index contributed by atoms with van der Waals surface area (Å²) in [7, 11) is 0. The van der Waals surface area contributed by atoms with Gasteiger partial charge in [0.15, 0.2) is 5.82 Å². The van der Waals surface area contributed by atoms with Gasteiger partial charge in [0.05, 0.1) is 41.0 Å². The number of alkyl halides is 3. The molecule has 0 aliphatic rings. The highest BCUT2D eigenvalue weighted by Gasteiger charge is 2.34. The molecule has 2 N–H and O–H groups in total. The molecule has 0 saturated carbocycles. The van der Waals surface area contributed by atoms with Gasteiger partial charge in [0, 0.05) is 36.5 Å². The van der Waals surface area contributed by atoms with E-state index in [9.17, 15) is 18.3 Å². The van der Waals surface area contributed by atoms with Crippen molar-refractivity contribution in [1.29, 1.82) is 5.26 Å². The lowest BCUT2D eigenvalue weighted by molar-refractivity contribution is -0.136. The highest BCUT2D eigenvalue weighted by molar-refractivity contribution is 5.68. The van der Waals surface area contributed by atoms with Gasteiger partial charge in [-0.05, 0) is 31.2 Å². The van der Waals surface area contributed by atoms with Gasteiger partial charge in [0.2, 0.25) is 0 Å². The lowest BCUT2D eigenvalue weighted by Crippen LogP contribution is -2.13. The minimum absolute atomic E-state index is 0.109. The van der Waals surface area contributed by atoms with Gasteiger partial charge in [-0.3, -0.25) is 0 Å². The second kappa shape index (κ2) is 8.71. The van der Waals surface area contributed by atoms with E-state index in [2.05, 4.69) is 25.6 Å². The Bertz CT molecular complexity index is 1320. The Balaban J connectivity index is 1.81. The van der Waals surface area contributed by atoms with Crippen molar-refractivity contribution < 1.29 is 18.3 Å². The second-order valence-corrected chi connectivity index (χ2v) is 7.02. The molecule has 3 aromatic heterocycles. The first kappa shape index (κ1) is 22.0. The standard InChI is InChI=1S/C21H17F3N8O/c1-13-10-18(31-8-4-19(30-31)32-26-6-7-27-32)15(5-9-33)20(28-13)29-17-3-2-14(12-25)11-16(17)21(22,23)24/h2-4,6-8,10-11,33H,5,9H2,1H3,(H,28,29). The fraction of sp³-hybridized carbons (Fsp3) is 0.190. The summed E-state index contributed by atoms with van der Waals surface area (Å²) in [4.78, 5) is 5.69. The molecule has 33 heavy (non-hydrogen) atoms. The minimum atomic E-state index is -4.69. The third-order valence-corrected chi connectivity index (χ3v) is 4.74. The zero-order valence-corrected chi connectivity index (χ0v) is 17.2. The van der Waals surface area contributed by atoms with Crippen LogP contribution >= 0.6 is 0 Å². The summed E-state index contributed by atoms with van der Waals surface area (Å²) in [5, 5.41) is 33.9. The van der Waals surface area contributed by atoms with Gasteiger partial charge in [-0.2, -0.15) is 28.6 Å². The number of benzene rings is 1. The van der Waals surface area contributed by atoms with Crippen LogP contribution in [0, 0.1) is 18.3 Å². The number of aliphatic hydroxyl groups excluding tert-OH is 1. The first-order chi connectivity index (χ1) is 15.8. The van der Waals surface area contributed by atoms with E-state index in [0.29, 0.717) is 22.8 Å². The molecule has 0 fully saturated rings. The molecule has 0 spiro atoms. The molecule has 0 bridgehead atoms. The monoisotopic (exact) mass is 454 g/mol. The Labute approximate surface area is 185 Å². The van der Waals surface area contributed by atoms with E-state index in [1.54, 1.807) is 31.3 Å². The van der Waals surface area contributed by atoms with Crippen molar-refractivity contribution in [1.82, 2.24) is 29.8 Å². The number of aryl methyl sites for hydroxylation is 1. The molecule has 4 aromatic rings. The highest BCUT2D eigenvalue weighted by atomic mass is 19.4. The van der Waals surface area contributed by atoms with Crippen molar-refractivity contribution in [2.75, 3.05) is 11.9 Å². The lowest BCUT2D eigenvalue weighted by Gasteiger charge is -2.19. The molecule has 0 radical (unpaired) electrons. The van der Waals surface area contributed by atoms with Crippen LogP contribution in [0.15, 0.2) is 48.9 Å². The average Bonchev–Trinajstić information content (AvgIpc) is 3.47. The fourth-order valence-corrected chi connectivity index (χ4v) is 3.32. The number of nitrogens with zero attached hydrogens (tertiary/aromatic N) is 7. The molecule has 0 saturated heterocycles. The van der Waals surface area contributed by atoms with Gasteiger partial charge < -0.3 is 10.4 Å². The van der Waals surface area contributed by atoms with Crippen molar-refractivity contribution >= 4 is 11.5 Å². The lowest BCUT2D eigenvalue weighted by atomic mass is 10.1. The van der Waals surface area contributed by atoms with Crippen molar-refractivity contribution in [3.05, 3.63) is 71.3 Å². The molecule has 3 heterocycles. The van der Waals surface area contributed by atoms with Crippen molar-refractivity contribution in [3.8, 4) is 17.6 Å². The normalized spacial score (nSPS) is 11.4. The summed E-state index contributed by atoms with van der Waals surface area (Å²) in [6.45, 7) is 1.43. The Morgan fingerprint density at radius 3 is 2.58 bits per heavy atom. The van der Waals surface area contributed by atoms with E-state index < -0.39 is 11.7 Å². The van der Waals surface area contributed by atoms with Crippen LogP contribution in [0.5, 0.6) is 0 Å². The number of nitriles is 1. The SMILES string of the molecule is Cc1cc(-n2ccc(-n3nccn3)n2)c(CCO)c(Nc2ccc(C#N)cc2C(F)(F)F)n1. The Hall–Kier alpha value is -4.24. The predicted molar refractivity (Wildman–Crippen MR) is 111 cm³/mol. The van der Waals surface area contributed by atoms with Crippen LogP contribution in [0.1, 0.15) is 22.4 Å². The van der Waals surface area contributed by atoms with E-state index in [1.807, 2.05) is 0 Å². The second-order valence-electron chi connectivity index (χ2n) is 7.02. The van der Waals surface area contributed by atoms with Crippen LogP contribution in [0.25, 0.3) is 11.5 Å². The topological polar surface area (TPSA) is 117 Å². The third-order valence-electron chi connectivity index (χ3n) is 4.74. The largest absolute Gasteiger partial charge is 0.418 e. The molecule has 0 atom stereocenters. The molecular formula is C21H17F3N8O. The number of aromatic nitrogens is 6. The number of hydrogen-bond acceptors (Lipinski definition) is 7. The molecule has 9 nitrogen and oxygen atoms in total. The maximum Gasteiger partial charge on any atom is 0.418 e. The van der Waals surface area contributed by atoms with Crippen LogP contribution in [-0.2, 0) is 12.6 Å². The van der Waals surface area contributed by atoms with Crippen molar-refractivity contribution in [3.63, 3.8) is 0 Å². The maximum atomic E-state index is 13.6. The number of pyridine rings is 1. The van der Waals surface area contributed by atoms with Crippen LogP contribution in [0.3, 0.4) is 0 Å². The van der Waals surface area contributed by atoms with Crippen molar-refractivity contribution in [2.45, 2.75) is 19.5 Å². The zero-order chi connectivity index (χ0) is 23.6. The van der Waals surface area contributed by atoms with E-state index in [1.165, 1.54) is 34.0 Å². The molecule has 168 valence electrons. The van der Waals surface area contributed by atoms with Crippen molar-refractivity contribution in [2.24, 2.45) is 0 Å². The first-order valence-corrected chi connectivity index (χ1v) is 9.72. The quantitative estimate of drug-likeness (QED) is 0.459. The molecule has 0 aliphatic carbocycles. The summed E-state index contributed by atoms with van der Waals surface area (Å²) >= 11 is 0. The van der Waals surface area contributed by atoms with Crippen LogP contribution in [0.2, 0.25) is 0 Å². The van der Waals surface area contributed by atoms with Gasteiger partial charge in [0.1, 0.15) is 5.82 Å². The smallest absolute Gasteiger partial charge is 0.396 e. The first-order valence-electron chi connectivity index (χ1n) is 9.72. The summed E-state index contributed by atoms with van der Waals surface area (Å²) in [6.07, 6.45) is 0.0840.